The van der Waals surface area contributed by atoms with Gasteiger partial charge in [0, 0.05) is 43.9 Å². The van der Waals surface area contributed by atoms with Crippen molar-refractivity contribution in [3.05, 3.63) is 65.2 Å². The molecule has 150 valence electrons. The zero-order valence-electron chi connectivity index (χ0n) is 16.3. The number of carbonyl (C=O) groups excluding carboxylic acids is 2. The minimum absolute atomic E-state index is 0. The first-order valence-electron chi connectivity index (χ1n) is 9.58. The fourth-order valence-electron chi connectivity index (χ4n) is 3.39. The maximum absolute atomic E-state index is 12.6. The number of carbonyl (C=O) groups is 2. The number of nitrogens with zero attached hydrogens (tertiary/aromatic N) is 2. The van der Waals surface area contributed by atoms with Crippen LogP contribution in [0.5, 0.6) is 0 Å². The molecule has 0 aromatic heterocycles. The molecule has 1 fully saturated rings. The monoisotopic (exact) mass is 401 g/mol. The van der Waals surface area contributed by atoms with E-state index in [2.05, 4.69) is 6.92 Å². The minimum atomic E-state index is 0. The number of benzene rings is 2. The second-order valence-corrected chi connectivity index (χ2v) is 6.92. The Bertz CT molecular complexity index is 800. The molecule has 2 N–H and O–H groups in total. The van der Waals surface area contributed by atoms with Crippen LogP contribution in [0.3, 0.4) is 0 Å². The molecule has 28 heavy (non-hydrogen) atoms. The van der Waals surface area contributed by atoms with Gasteiger partial charge >= 0.3 is 0 Å². The number of hydrogen-bond donors (Lipinski definition) is 1. The molecule has 1 aliphatic heterocycles. The molecule has 1 heterocycles. The van der Waals surface area contributed by atoms with E-state index >= 15 is 0 Å². The lowest BCUT2D eigenvalue weighted by atomic mass is 10.1. The lowest BCUT2D eigenvalue weighted by Crippen LogP contribution is -2.50. The summed E-state index contributed by atoms with van der Waals surface area (Å²) >= 11 is 0. The lowest BCUT2D eigenvalue weighted by molar-refractivity contribution is -0.132. The molecule has 0 bridgehead atoms. The highest BCUT2D eigenvalue weighted by atomic mass is 35.5. The third-order valence-electron chi connectivity index (χ3n) is 5.19. The number of amides is 2. The molecule has 0 spiro atoms. The van der Waals surface area contributed by atoms with E-state index in [9.17, 15) is 9.59 Å². The van der Waals surface area contributed by atoms with Crippen molar-refractivity contribution in [3.8, 4) is 0 Å². The second-order valence-electron chi connectivity index (χ2n) is 6.92. The van der Waals surface area contributed by atoms with Crippen molar-refractivity contribution < 1.29 is 9.59 Å². The van der Waals surface area contributed by atoms with Crippen molar-refractivity contribution in [2.45, 2.75) is 26.2 Å². The summed E-state index contributed by atoms with van der Waals surface area (Å²) in [5.41, 5.74) is 9.62. The van der Waals surface area contributed by atoms with E-state index in [0.717, 1.165) is 17.7 Å². The van der Waals surface area contributed by atoms with Crippen LogP contribution in [0.15, 0.2) is 48.5 Å². The Hall–Kier alpha value is -2.53. The van der Waals surface area contributed by atoms with E-state index in [4.69, 9.17) is 5.73 Å². The fourth-order valence-corrected chi connectivity index (χ4v) is 3.39. The molecular formula is C22H28ClN3O2. The van der Waals surface area contributed by atoms with Gasteiger partial charge in [0.15, 0.2) is 0 Å². The number of aryl methyl sites for hydroxylation is 2. The van der Waals surface area contributed by atoms with Crippen molar-refractivity contribution in [2.24, 2.45) is 0 Å². The number of rotatable bonds is 5. The van der Waals surface area contributed by atoms with Gasteiger partial charge in [0.05, 0.1) is 0 Å². The summed E-state index contributed by atoms with van der Waals surface area (Å²) in [4.78, 5) is 28.8. The first-order valence-corrected chi connectivity index (χ1v) is 9.58. The van der Waals surface area contributed by atoms with Crippen LogP contribution >= 0.6 is 12.4 Å². The maximum Gasteiger partial charge on any atom is 0.253 e. The van der Waals surface area contributed by atoms with E-state index in [1.54, 1.807) is 0 Å². The van der Waals surface area contributed by atoms with Crippen LogP contribution in [-0.4, -0.2) is 47.8 Å². The summed E-state index contributed by atoms with van der Waals surface area (Å²) in [6.45, 7) is 4.42. The molecule has 0 aliphatic carbocycles. The number of nitrogens with two attached hydrogens (primary N) is 1. The molecule has 2 amide bonds. The normalized spacial score (nSPS) is 13.8. The summed E-state index contributed by atoms with van der Waals surface area (Å²) in [5.74, 6) is 0.166. The zero-order chi connectivity index (χ0) is 19.2. The van der Waals surface area contributed by atoms with Crippen LogP contribution in [0.4, 0.5) is 5.69 Å². The van der Waals surface area contributed by atoms with E-state index in [0.29, 0.717) is 44.6 Å². The third kappa shape index (κ3) is 5.26. The first-order chi connectivity index (χ1) is 13.1. The SMILES string of the molecule is CCc1ccc(C(=O)N2CCN(C(=O)CCc3ccccc3N)CC2)cc1.Cl. The van der Waals surface area contributed by atoms with Crippen LogP contribution in [0.1, 0.15) is 34.8 Å². The molecule has 0 radical (unpaired) electrons. The molecule has 5 nitrogen and oxygen atoms in total. The van der Waals surface area contributed by atoms with Gasteiger partial charge in [0.2, 0.25) is 5.91 Å². The molecule has 0 unspecified atom stereocenters. The van der Waals surface area contributed by atoms with Crippen molar-refractivity contribution in [1.82, 2.24) is 9.80 Å². The molecule has 3 rings (SSSR count). The van der Waals surface area contributed by atoms with Crippen molar-refractivity contribution >= 4 is 29.9 Å². The largest absolute Gasteiger partial charge is 0.399 e. The number of nitrogen functional groups attached to an aromatic ring is 1. The Morgan fingerprint density at radius 2 is 1.54 bits per heavy atom. The topological polar surface area (TPSA) is 66.6 Å². The number of hydrogen-bond acceptors (Lipinski definition) is 3. The van der Waals surface area contributed by atoms with Gasteiger partial charge in [0.25, 0.3) is 5.91 Å². The smallest absolute Gasteiger partial charge is 0.253 e. The average molecular weight is 402 g/mol. The highest BCUT2D eigenvalue weighted by Crippen LogP contribution is 2.15. The Morgan fingerprint density at radius 1 is 0.929 bits per heavy atom. The van der Waals surface area contributed by atoms with Crippen molar-refractivity contribution in [1.29, 1.82) is 0 Å². The fraction of sp³-hybridized carbons (Fsp3) is 0.364. The first kappa shape index (κ1) is 21.8. The lowest BCUT2D eigenvalue weighted by Gasteiger charge is -2.35. The highest BCUT2D eigenvalue weighted by Gasteiger charge is 2.24. The summed E-state index contributed by atoms with van der Waals surface area (Å²) < 4.78 is 0. The predicted octanol–water partition coefficient (Wildman–Crippen LogP) is 3.17. The predicted molar refractivity (Wildman–Crippen MR) is 115 cm³/mol. The minimum Gasteiger partial charge on any atom is -0.399 e. The molecule has 0 saturated carbocycles. The summed E-state index contributed by atoms with van der Waals surface area (Å²) in [5, 5.41) is 0. The number of anilines is 1. The molecule has 0 atom stereocenters. The number of halogens is 1. The van der Waals surface area contributed by atoms with E-state index in [1.165, 1.54) is 5.56 Å². The van der Waals surface area contributed by atoms with E-state index < -0.39 is 0 Å². The Labute approximate surface area is 172 Å². The molecule has 2 aromatic carbocycles. The summed E-state index contributed by atoms with van der Waals surface area (Å²) in [6, 6.07) is 15.4. The molecule has 2 aromatic rings. The van der Waals surface area contributed by atoms with Gasteiger partial charge in [-0.1, -0.05) is 37.3 Å². The zero-order valence-corrected chi connectivity index (χ0v) is 17.1. The molecule has 6 heteroatoms. The van der Waals surface area contributed by atoms with Gasteiger partial charge < -0.3 is 15.5 Å². The highest BCUT2D eigenvalue weighted by molar-refractivity contribution is 5.94. The van der Waals surface area contributed by atoms with Crippen LogP contribution in [-0.2, 0) is 17.6 Å². The number of piperazine rings is 1. The average Bonchev–Trinajstić information content (AvgIpc) is 2.72. The second kappa shape index (κ2) is 10.1. The molecular weight excluding hydrogens is 374 g/mol. The molecule has 1 aliphatic rings. The van der Waals surface area contributed by atoms with Crippen molar-refractivity contribution in [3.63, 3.8) is 0 Å². The summed E-state index contributed by atoms with van der Waals surface area (Å²) in [7, 11) is 0. The Balaban J connectivity index is 0.00000280. The number of para-hydroxylation sites is 1. The van der Waals surface area contributed by atoms with Gasteiger partial charge in [-0.05, 0) is 42.2 Å². The van der Waals surface area contributed by atoms with Gasteiger partial charge in [0.1, 0.15) is 0 Å². The maximum atomic E-state index is 12.6. The van der Waals surface area contributed by atoms with Gasteiger partial charge in [-0.3, -0.25) is 9.59 Å². The van der Waals surface area contributed by atoms with Gasteiger partial charge in [-0.2, -0.15) is 0 Å². The van der Waals surface area contributed by atoms with E-state index in [1.807, 2.05) is 58.3 Å². The van der Waals surface area contributed by atoms with Gasteiger partial charge in [-0.15, -0.1) is 12.4 Å². The Kier molecular flexibility index (Phi) is 7.88. The van der Waals surface area contributed by atoms with Crippen LogP contribution < -0.4 is 5.73 Å². The van der Waals surface area contributed by atoms with Crippen LogP contribution in [0.25, 0.3) is 0 Å². The Morgan fingerprint density at radius 3 is 2.14 bits per heavy atom. The van der Waals surface area contributed by atoms with E-state index in [-0.39, 0.29) is 24.2 Å². The standard InChI is InChI=1S/C22H27N3O2.ClH/c1-2-17-7-9-19(10-8-17)22(27)25-15-13-24(14-16-25)21(26)12-11-18-5-3-4-6-20(18)23;/h3-10H,2,11-16,23H2,1H3;1H. The quantitative estimate of drug-likeness (QED) is 0.782. The van der Waals surface area contributed by atoms with Gasteiger partial charge in [-0.25, -0.2) is 0 Å². The van der Waals surface area contributed by atoms with Crippen LogP contribution in [0, 0.1) is 0 Å². The van der Waals surface area contributed by atoms with Crippen LogP contribution in [0.2, 0.25) is 0 Å². The summed E-state index contributed by atoms with van der Waals surface area (Å²) in [6.07, 6.45) is 2.05. The van der Waals surface area contributed by atoms with Crippen molar-refractivity contribution in [2.75, 3.05) is 31.9 Å². The molecule has 1 saturated heterocycles. The third-order valence-corrected chi connectivity index (χ3v) is 5.19.